The Bertz CT molecular complexity index is 240. The summed E-state index contributed by atoms with van der Waals surface area (Å²) in [6.45, 7) is 6.57. The number of rotatable bonds is 5. The number of hydrogen-bond donors (Lipinski definition) is 1. The van der Waals surface area contributed by atoms with Crippen molar-refractivity contribution in [3.05, 3.63) is 0 Å². The van der Waals surface area contributed by atoms with E-state index in [-0.39, 0.29) is 17.9 Å². The number of nitrogens with zero attached hydrogens (tertiary/aromatic N) is 1. The lowest BCUT2D eigenvalue weighted by atomic mass is 9.91. The van der Waals surface area contributed by atoms with E-state index in [0.29, 0.717) is 5.92 Å². The van der Waals surface area contributed by atoms with Crippen LogP contribution in [0.5, 0.6) is 0 Å². The van der Waals surface area contributed by atoms with E-state index in [4.69, 9.17) is 10.5 Å². The third kappa shape index (κ3) is 4.28. The minimum Gasteiger partial charge on any atom is -0.381 e. The lowest BCUT2D eigenvalue weighted by molar-refractivity contribution is -0.133. The first-order chi connectivity index (χ1) is 8.06. The summed E-state index contributed by atoms with van der Waals surface area (Å²) >= 11 is 0. The summed E-state index contributed by atoms with van der Waals surface area (Å²) in [5.74, 6) is 0.902. The molecule has 1 aliphatic rings. The van der Waals surface area contributed by atoms with Crippen molar-refractivity contribution in [2.75, 3.05) is 26.8 Å². The van der Waals surface area contributed by atoms with E-state index >= 15 is 0 Å². The second-order valence-corrected chi connectivity index (χ2v) is 5.21. The van der Waals surface area contributed by atoms with E-state index in [0.717, 1.165) is 39.0 Å². The fraction of sp³-hybridized carbons (Fsp3) is 0.923. The van der Waals surface area contributed by atoms with Crippen LogP contribution in [0.15, 0.2) is 0 Å². The summed E-state index contributed by atoms with van der Waals surface area (Å²) < 4.78 is 5.29. The number of carbonyl (C=O) groups excluding carboxylic acids is 1. The second kappa shape index (κ2) is 6.97. The third-order valence-corrected chi connectivity index (χ3v) is 3.72. The van der Waals surface area contributed by atoms with Gasteiger partial charge in [0.05, 0.1) is 6.04 Å². The van der Waals surface area contributed by atoms with Crippen LogP contribution in [0.25, 0.3) is 0 Å². The van der Waals surface area contributed by atoms with Crippen molar-refractivity contribution in [3.63, 3.8) is 0 Å². The van der Waals surface area contributed by atoms with Gasteiger partial charge in [0.15, 0.2) is 0 Å². The van der Waals surface area contributed by atoms with E-state index in [2.05, 4.69) is 13.8 Å². The molecule has 1 fully saturated rings. The predicted molar refractivity (Wildman–Crippen MR) is 68.6 cm³/mol. The molecule has 17 heavy (non-hydrogen) atoms. The monoisotopic (exact) mass is 242 g/mol. The van der Waals surface area contributed by atoms with Crippen molar-refractivity contribution in [1.82, 2.24) is 4.90 Å². The van der Waals surface area contributed by atoms with Crippen molar-refractivity contribution >= 4 is 5.91 Å². The van der Waals surface area contributed by atoms with Gasteiger partial charge >= 0.3 is 0 Å². The Morgan fingerprint density at radius 3 is 2.59 bits per heavy atom. The number of nitrogens with two attached hydrogens (primary N) is 1. The van der Waals surface area contributed by atoms with Crippen LogP contribution in [0.1, 0.15) is 33.1 Å². The topological polar surface area (TPSA) is 55.6 Å². The highest BCUT2D eigenvalue weighted by atomic mass is 16.5. The van der Waals surface area contributed by atoms with E-state index < -0.39 is 0 Å². The lowest BCUT2D eigenvalue weighted by Gasteiger charge is -2.30. The number of likely N-dealkylation sites (N-methyl/N-ethyl adjacent to an activating group) is 1. The third-order valence-electron chi connectivity index (χ3n) is 3.72. The Labute approximate surface area is 104 Å². The van der Waals surface area contributed by atoms with Crippen LogP contribution in [0.2, 0.25) is 0 Å². The van der Waals surface area contributed by atoms with Crippen molar-refractivity contribution in [2.24, 2.45) is 17.6 Å². The van der Waals surface area contributed by atoms with Gasteiger partial charge in [0, 0.05) is 26.8 Å². The molecule has 0 radical (unpaired) electrons. The van der Waals surface area contributed by atoms with Gasteiger partial charge in [0.25, 0.3) is 0 Å². The Morgan fingerprint density at radius 2 is 2.06 bits per heavy atom. The minimum absolute atomic E-state index is 0.0807. The zero-order valence-electron chi connectivity index (χ0n) is 11.3. The summed E-state index contributed by atoms with van der Waals surface area (Å²) in [6, 6.07) is -0.354. The molecule has 1 aliphatic heterocycles. The number of carbonyl (C=O) groups is 1. The molecule has 1 amide bonds. The van der Waals surface area contributed by atoms with Crippen molar-refractivity contribution in [1.29, 1.82) is 0 Å². The maximum atomic E-state index is 12.2. The summed E-state index contributed by atoms with van der Waals surface area (Å²) in [5, 5.41) is 0. The van der Waals surface area contributed by atoms with Gasteiger partial charge in [-0.3, -0.25) is 4.79 Å². The highest BCUT2D eigenvalue weighted by molar-refractivity contribution is 5.81. The van der Waals surface area contributed by atoms with Crippen molar-refractivity contribution < 1.29 is 9.53 Å². The average molecular weight is 242 g/mol. The summed E-state index contributed by atoms with van der Waals surface area (Å²) in [4.78, 5) is 13.9. The zero-order valence-corrected chi connectivity index (χ0v) is 11.3. The Hall–Kier alpha value is -0.610. The molecule has 0 aromatic carbocycles. The van der Waals surface area contributed by atoms with E-state index in [1.165, 1.54) is 0 Å². The molecular weight excluding hydrogens is 216 g/mol. The van der Waals surface area contributed by atoms with Crippen LogP contribution in [0.3, 0.4) is 0 Å². The molecule has 0 aromatic heterocycles. The SMILES string of the molecule is CCC(C)CN(C)C(=O)C(N)C1CCOCC1. The first-order valence-electron chi connectivity index (χ1n) is 6.64. The molecule has 1 saturated heterocycles. The van der Waals surface area contributed by atoms with Crippen molar-refractivity contribution in [3.8, 4) is 0 Å². The second-order valence-electron chi connectivity index (χ2n) is 5.21. The molecule has 4 nitrogen and oxygen atoms in total. The molecule has 0 bridgehead atoms. The van der Waals surface area contributed by atoms with Gasteiger partial charge in [-0.15, -0.1) is 0 Å². The Morgan fingerprint density at radius 1 is 1.47 bits per heavy atom. The lowest BCUT2D eigenvalue weighted by Crippen LogP contribution is -2.48. The van der Waals surface area contributed by atoms with Crippen LogP contribution in [-0.2, 0) is 9.53 Å². The van der Waals surface area contributed by atoms with Crippen LogP contribution >= 0.6 is 0 Å². The molecule has 2 unspecified atom stereocenters. The molecule has 100 valence electrons. The first kappa shape index (κ1) is 14.5. The largest absolute Gasteiger partial charge is 0.381 e. The van der Waals surface area contributed by atoms with Gasteiger partial charge in [-0.05, 0) is 24.7 Å². The highest BCUT2D eigenvalue weighted by Crippen LogP contribution is 2.19. The number of ether oxygens (including phenoxy) is 1. The molecule has 0 aliphatic carbocycles. The average Bonchev–Trinajstić information content (AvgIpc) is 2.37. The van der Waals surface area contributed by atoms with Gasteiger partial charge in [0.2, 0.25) is 5.91 Å². The summed E-state index contributed by atoms with van der Waals surface area (Å²) in [6.07, 6.45) is 2.90. The van der Waals surface area contributed by atoms with Crippen LogP contribution in [0.4, 0.5) is 0 Å². The first-order valence-corrected chi connectivity index (χ1v) is 6.64. The highest BCUT2D eigenvalue weighted by Gasteiger charge is 2.28. The predicted octanol–water partition coefficient (Wildman–Crippen LogP) is 1.24. The molecule has 0 aromatic rings. The van der Waals surface area contributed by atoms with Gasteiger partial charge < -0.3 is 15.4 Å². The zero-order chi connectivity index (χ0) is 12.8. The molecule has 1 rings (SSSR count). The fourth-order valence-electron chi connectivity index (χ4n) is 2.22. The molecule has 2 atom stereocenters. The maximum absolute atomic E-state index is 12.2. The number of amides is 1. The molecule has 4 heteroatoms. The van der Waals surface area contributed by atoms with E-state index in [1.54, 1.807) is 4.90 Å². The normalized spacial score (nSPS) is 20.9. The number of hydrogen-bond acceptors (Lipinski definition) is 3. The van der Waals surface area contributed by atoms with E-state index in [1.807, 2.05) is 7.05 Å². The van der Waals surface area contributed by atoms with Gasteiger partial charge in [-0.1, -0.05) is 20.3 Å². The van der Waals surface area contributed by atoms with Crippen molar-refractivity contribution in [2.45, 2.75) is 39.2 Å². The summed E-state index contributed by atoms with van der Waals surface area (Å²) in [5.41, 5.74) is 6.06. The van der Waals surface area contributed by atoms with Crippen LogP contribution in [-0.4, -0.2) is 43.7 Å². The molecule has 0 saturated carbocycles. The van der Waals surface area contributed by atoms with Crippen LogP contribution < -0.4 is 5.73 Å². The smallest absolute Gasteiger partial charge is 0.239 e. The molecule has 1 heterocycles. The van der Waals surface area contributed by atoms with Gasteiger partial charge in [-0.2, -0.15) is 0 Å². The van der Waals surface area contributed by atoms with Crippen LogP contribution in [0, 0.1) is 11.8 Å². The standard InChI is InChI=1S/C13H26N2O2/c1-4-10(2)9-15(3)13(16)12(14)11-5-7-17-8-6-11/h10-12H,4-9,14H2,1-3H3. The molecular formula is C13H26N2O2. The van der Waals surface area contributed by atoms with Gasteiger partial charge in [0.1, 0.15) is 0 Å². The molecule has 2 N–H and O–H groups in total. The quantitative estimate of drug-likeness (QED) is 0.789. The Balaban J connectivity index is 2.44. The minimum atomic E-state index is -0.354. The van der Waals surface area contributed by atoms with Gasteiger partial charge in [-0.25, -0.2) is 0 Å². The maximum Gasteiger partial charge on any atom is 0.239 e. The van der Waals surface area contributed by atoms with E-state index in [9.17, 15) is 4.79 Å². The summed E-state index contributed by atoms with van der Waals surface area (Å²) in [7, 11) is 1.85. The Kier molecular flexibility index (Phi) is 5.92. The molecule has 0 spiro atoms. The fourth-order valence-corrected chi connectivity index (χ4v) is 2.22.